The van der Waals surface area contributed by atoms with Crippen molar-refractivity contribution in [3.8, 4) is 0 Å². The molecule has 6 N–H and O–H groups in total. The molecular formula is C13H18N4O2. The fraction of sp³-hybridized carbons (Fsp3) is 0.385. The number of anilines is 1. The maximum atomic E-state index is 11.1. The molecule has 0 aromatic heterocycles. The second-order valence-corrected chi connectivity index (χ2v) is 5.07. The van der Waals surface area contributed by atoms with E-state index in [1.54, 1.807) is 18.2 Å². The number of carbonyl (C=O) groups is 1. The molecule has 0 atom stereocenters. The van der Waals surface area contributed by atoms with E-state index in [4.69, 9.17) is 16.7 Å². The summed E-state index contributed by atoms with van der Waals surface area (Å²) in [4.78, 5) is 11.1. The van der Waals surface area contributed by atoms with E-state index in [1.807, 2.05) is 6.07 Å². The van der Waals surface area contributed by atoms with Crippen LogP contribution in [0, 0.1) is 5.41 Å². The van der Waals surface area contributed by atoms with Crippen molar-refractivity contribution in [2.45, 2.75) is 19.3 Å². The standard InChI is InChI=1S/C13H18N4O2/c14-11(17-19)7-13(4-5-13)8-16-10-3-1-2-9(6-10)12(15)18/h1-3,6,16,19H,4-5,7-8H2,(H2,14,17)(H2,15,18). The third-order valence-corrected chi connectivity index (χ3v) is 3.46. The van der Waals surface area contributed by atoms with Gasteiger partial charge in [-0.25, -0.2) is 0 Å². The highest BCUT2D eigenvalue weighted by molar-refractivity contribution is 5.93. The van der Waals surface area contributed by atoms with E-state index in [0.717, 1.165) is 25.1 Å². The predicted octanol–water partition coefficient (Wildman–Crippen LogP) is 1.11. The third kappa shape index (κ3) is 3.37. The van der Waals surface area contributed by atoms with Gasteiger partial charge in [0.2, 0.25) is 5.91 Å². The molecule has 0 radical (unpaired) electrons. The number of oxime groups is 1. The Morgan fingerprint density at radius 2 is 2.16 bits per heavy atom. The third-order valence-electron chi connectivity index (χ3n) is 3.46. The van der Waals surface area contributed by atoms with Crippen molar-refractivity contribution in [3.05, 3.63) is 29.8 Å². The lowest BCUT2D eigenvalue weighted by Gasteiger charge is -2.16. The Balaban J connectivity index is 1.95. The molecule has 0 heterocycles. The van der Waals surface area contributed by atoms with Crippen molar-refractivity contribution in [1.82, 2.24) is 0 Å². The Labute approximate surface area is 111 Å². The minimum Gasteiger partial charge on any atom is -0.409 e. The number of primary amides is 1. The zero-order chi connectivity index (χ0) is 13.9. The van der Waals surface area contributed by atoms with Crippen LogP contribution in [-0.2, 0) is 0 Å². The van der Waals surface area contributed by atoms with Crippen molar-refractivity contribution in [3.63, 3.8) is 0 Å². The maximum absolute atomic E-state index is 11.1. The van der Waals surface area contributed by atoms with E-state index in [-0.39, 0.29) is 11.3 Å². The summed E-state index contributed by atoms with van der Waals surface area (Å²) < 4.78 is 0. The molecule has 1 aliphatic carbocycles. The molecule has 0 saturated heterocycles. The van der Waals surface area contributed by atoms with Crippen molar-refractivity contribution < 1.29 is 10.0 Å². The summed E-state index contributed by atoms with van der Waals surface area (Å²) in [6, 6.07) is 7.07. The predicted molar refractivity (Wildman–Crippen MR) is 73.1 cm³/mol. The van der Waals surface area contributed by atoms with Crippen LogP contribution in [0.5, 0.6) is 0 Å². The monoisotopic (exact) mass is 262 g/mol. The van der Waals surface area contributed by atoms with Crippen LogP contribution >= 0.6 is 0 Å². The Bertz CT molecular complexity index is 509. The highest BCUT2D eigenvalue weighted by Gasteiger charge is 2.43. The second kappa shape index (κ2) is 5.17. The van der Waals surface area contributed by atoms with Crippen molar-refractivity contribution in [2.24, 2.45) is 22.0 Å². The summed E-state index contributed by atoms with van der Waals surface area (Å²) in [5, 5.41) is 14.9. The average molecular weight is 262 g/mol. The van der Waals surface area contributed by atoms with Gasteiger partial charge in [0, 0.05) is 24.2 Å². The first-order valence-electron chi connectivity index (χ1n) is 6.15. The van der Waals surface area contributed by atoms with Gasteiger partial charge in [-0.15, -0.1) is 0 Å². The number of nitrogens with two attached hydrogens (primary N) is 2. The summed E-state index contributed by atoms with van der Waals surface area (Å²) in [6.07, 6.45) is 2.67. The van der Waals surface area contributed by atoms with Crippen LogP contribution < -0.4 is 16.8 Å². The molecular weight excluding hydrogens is 244 g/mol. The highest BCUT2D eigenvalue weighted by atomic mass is 16.4. The maximum Gasteiger partial charge on any atom is 0.248 e. The molecule has 0 spiro atoms. The molecule has 6 nitrogen and oxygen atoms in total. The van der Waals surface area contributed by atoms with E-state index >= 15 is 0 Å². The Morgan fingerprint density at radius 3 is 2.74 bits per heavy atom. The normalized spacial score (nSPS) is 16.9. The fourth-order valence-corrected chi connectivity index (χ4v) is 2.08. The fourth-order valence-electron chi connectivity index (χ4n) is 2.08. The number of carbonyl (C=O) groups excluding carboxylic acids is 1. The summed E-state index contributed by atoms with van der Waals surface area (Å²) in [7, 11) is 0. The van der Waals surface area contributed by atoms with Gasteiger partial charge in [0.15, 0.2) is 0 Å². The van der Waals surface area contributed by atoms with Crippen molar-refractivity contribution in [2.75, 3.05) is 11.9 Å². The molecule has 1 aromatic carbocycles. The summed E-state index contributed by atoms with van der Waals surface area (Å²) in [5.74, 6) is -0.188. The van der Waals surface area contributed by atoms with E-state index in [2.05, 4.69) is 10.5 Å². The lowest BCUT2D eigenvalue weighted by molar-refractivity contribution is 0.100. The SMILES string of the molecule is NC(=O)c1cccc(NCC2(C/C(N)=N/O)CC2)c1. The van der Waals surface area contributed by atoms with Crippen LogP contribution in [-0.4, -0.2) is 23.5 Å². The van der Waals surface area contributed by atoms with Crippen LogP contribution in [0.15, 0.2) is 29.4 Å². The lowest BCUT2D eigenvalue weighted by atomic mass is 10.0. The van der Waals surface area contributed by atoms with E-state index in [1.165, 1.54) is 0 Å². The molecule has 1 fully saturated rings. The first-order chi connectivity index (χ1) is 9.04. The molecule has 102 valence electrons. The van der Waals surface area contributed by atoms with Gasteiger partial charge in [-0.05, 0) is 36.5 Å². The summed E-state index contributed by atoms with van der Waals surface area (Å²) >= 11 is 0. The first-order valence-corrected chi connectivity index (χ1v) is 6.15. The zero-order valence-electron chi connectivity index (χ0n) is 10.6. The minimum atomic E-state index is -0.443. The Hall–Kier alpha value is -2.24. The molecule has 0 bridgehead atoms. The second-order valence-electron chi connectivity index (χ2n) is 5.07. The van der Waals surface area contributed by atoms with E-state index < -0.39 is 5.91 Å². The van der Waals surface area contributed by atoms with Gasteiger partial charge in [0.1, 0.15) is 5.84 Å². The molecule has 1 aliphatic rings. The van der Waals surface area contributed by atoms with Crippen LogP contribution in [0.3, 0.4) is 0 Å². The lowest BCUT2D eigenvalue weighted by Crippen LogP contribution is -2.23. The Morgan fingerprint density at radius 1 is 1.42 bits per heavy atom. The summed E-state index contributed by atoms with van der Waals surface area (Å²) in [6.45, 7) is 0.728. The van der Waals surface area contributed by atoms with Gasteiger partial charge in [-0.1, -0.05) is 11.2 Å². The smallest absolute Gasteiger partial charge is 0.248 e. The molecule has 0 aliphatic heterocycles. The van der Waals surface area contributed by atoms with Gasteiger partial charge >= 0.3 is 0 Å². The van der Waals surface area contributed by atoms with Crippen LogP contribution in [0.1, 0.15) is 29.6 Å². The number of hydrogen-bond acceptors (Lipinski definition) is 4. The number of rotatable bonds is 6. The molecule has 1 amide bonds. The average Bonchev–Trinajstić information content (AvgIpc) is 3.17. The first kappa shape index (κ1) is 13.2. The topological polar surface area (TPSA) is 114 Å². The molecule has 19 heavy (non-hydrogen) atoms. The van der Waals surface area contributed by atoms with Crippen LogP contribution in [0.2, 0.25) is 0 Å². The molecule has 1 aromatic rings. The van der Waals surface area contributed by atoms with Gasteiger partial charge < -0.3 is 22.0 Å². The number of benzene rings is 1. The number of amides is 1. The molecule has 0 unspecified atom stereocenters. The van der Waals surface area contributed by atoms with Crippen molar-refractivity contribution >= 4 is 17.4 Å². The van der Waals surface area contributed by atoms with E-state index in [0.29, 0.717) is 12.0 Å². The Kier molecular flexibility index (Phi) is 3.59. The van der Waals surface area contributed by atoms with Crippen molar-refractivity contribution in [1.29, 1.82) is 0 Å². The summed E-state index contributed by atoms with van der Waals surface area (Å²) in [5.41, 5.74) is 12.2. The molecule has 1 saturated carbocycles. The van der Waals surface area contributed by atoms with Crippen LogP contribution in [0.25, 0.3) is 0 Å². The van der Waals surface area contributed by atoms with Gasteiger partial charge in [-0.2, -0.15) is 0 Å². The number of nitrogens with one attached hydrogen (secondary N) is 1. The van der Waals surface area contributed by atoms with Gasteiger partial charge in [-0.3, -0.25) is 4.79 Å². The molecule has 2 rings (SSSR count). The van der Waals surface area contributed by atoms with Crippen LogP contribution in [0.4, 0.5) is 5.69 Å². The van der Waals surface area contributed by atoms with Gasteiger partial charge in [0.25, 0.3) is 0 Å². The quantitative estimate of drug-likeness (QED) is 0.266. The zero-order valence-corrected chi connectivity index (χ0v) is 10.6. The largest absolute Gasteiger partial charge is 0.409 e. The number of hydrogen-bond donors (Lipinski definition) is 4. The van der Waals surface area contributed by atoms with E-state index in [9.17, 15) is 4.79 Å². The molecule has 6 heteroatoms. The minimum absolute atomic E-state index is 0.0685. The number of amidine groups is 1. The number of nitrogens with zero attached hydrogens (tertiary/aromatic N) is 1. The highest BCUT2D eigenvalue weighted by Crippen LogP contribution is 2.48. The van der Waals surface area contributed by atoms with Gasteiger partial charge in [0.05, 0.1) is 0 Å².